The largest absolute Gasteiger partial charge is 0.398 e. The highest BCUT2D eigenvalue weighted by atomic mass is 35.5. The summed E-state index contributed by atoms with van der Waals surface area (Å²) in [5, 5.41) is 5.26. The maximum Gasteiger partial charge on any atom is 0.104 e. The van der Waals surface area contributed by atoms with Crippen molar-refractivity contribution in [1.82, 2.24) is 4.90 Å². The lowest BCUT2D eigenvalue weighted by Gasteiger charge is -2.30. The third-order valence-electron chi connectivity index (χ3n) is 5.19. The van der Waals surface area contributed by atoms with Gasteiger partial charge in [-0.2, -0.15) is 0 Å². The molecule has 0 aliphatic carbocycles. The Kier molecular flexibility index (Phi) is 5.29. The Morgan fingerprint density at radius 1 is 1.14 bits per heavy atom. The number of thiophene rings is 1. The van der Waals surface area contributed by atoms with Crippen LogP contribution < -0.4 is 5.73 Å². The smallest absolute Gasteiger partial charge is 0.104 e. The van der Waals surface area contributed by atoms with Gasteiger partial charge in [0.15, 0.2) is 0 Å². The van der Waals surface area contributed by atoms with Gasteiger partial charge in [0.25, 0.3) is 0 Å². The summed E-state index contributed by atoms with van der Waals surface area (Å²) in [6, 6.07) is 19.1. The fraction of sp³-hybridized carbons (Fsp3) is 0.167. The summed E-state index contributed by atoms with van der Waals surface area (Å²) in [4.78, 5) is 3.16. The topological polar surface area (TPSA) is 29.3 Å². The molecule has 1 atom stereocenters. The van der Waals surface area contributed by atoms with Crippen LogP contribution in [0.3, 0.4) is 0 Å². The van der Waals surface area contributed by atoms with Gasteiger partial charge in [0.05, 0.1) is 0 Å². The lowest BCUT2D eigenvalue weighted by Crippen LogP contribution is -2.27. The van der Waals surface area contributed by atoms with Crippen LogP contribution in [0.15, 0.2) is 82.9 Å². The van der Waals surface area contributed by atoms with Crippen LogP contribution >= 0.6 is 22.9 Å². The first kappa shape index (κ1) is 18.9. The first-order valence-electron chi connectivity index (χ1n) is 9.35. The minimum absolute atomic E-state index is 0.348. The zero-order chi connectivity index (χ0) is 19.7. The SMILES string of the molecule is CC1CN(C)C(Cl)=C/C1=C(/C=C(\N)c1cccs1)c1ccc2ccccc2c1. The van der Waals surface area contributed by atoms with Gasteiger partial charge < -0.3 is 10.6 Å². The Morgan fingerprint density at radius 3 is 2.68 bits per heavy atom. The Bertz CT molecular complexity index is 1090. The molecule has 4 rings (SSSR count). The molecule has 0 saturated carbocycles. The fourth-order valence-electron chi connectivity index (χ4n) is 3.68. The third kappa shape index (κ3) is 3.73. The number of allylic oxidation sites excluding steroid dienone is 3. The number of nitrogens with two attached hydrogens (primary N) is 1. The van der Waals surface area contributed by atoms with Gasteiger partial charge in [0.1, 0.15) is 5.16 Å². The van der Waals surface area contributed by atoms with E-state index in [0.29, 0.717) is 5.92 Å². The number of rotatable bonds is 3. The normalized spacial score (nSPS) is 19.7. The quantitative estimate of drug-likeness (QED) is 0.516. The summed E-state index contributed by atoms with van der Waals surface area (Å²) < 4.78 is 0. The molecule has 0 amide bonds. The molecular weight excluding hydrogens is 384 g/mol. The predicted molar refractivity (Wildman–Crippen MR) is 123 cm³/mol. The maximum absolute atomic E-state index is 6.49. The van der Waals surface area contributed by atoms with Gasteiger partial charge in [-0.25, -0.2) is 0 Å². The van der Waals surface area contributed by atoms with Crippen LogP contribution in [0.25, 0.3) is 22.0 Å². The molecule has 2 nitrogen and oxygen atoms in total. The minimum atomic E-state index is 0.348. The molecule has 0 fully saturated rings. The van der Waals surface area contributed by atoms with Crippen molar-refractivity contribution in [2.75, 3.05) is 13.6 Å². The summed E-state index contributed by atoms with van der Waals surface area (Å²) in [6.07, 6.45) is 4.19. The second-order valence-electron chi connectivity index (χ2n) is 7.26. The monoisotopic (exact) mass is 406 g/mol. The maximum atomic E-state index is 6.49. The van der Waals surface area contributed by atoms with Crippen molar-refractivity contribution in [2.45, 2.75) is 6.92 Å². The van der Waals surface area contributed by atoms with Crippen LogP contribution in [0.1, 0.15) is 17.4 Å². The summed E-state index contributed by atoms with van der Waals surface area (Å²) in [7, 11) is 2.03. The van der Waals surface area contributed by atoms with Gasteiger partial charge in [-0.1, -0.05) is 61.0 Å². The Labute approximate surface area is 175 Å². The molecule has 1 unspecified atom stereocenters. The number of halogens is 1. The zero-order valence-electron chi connectivity index (χ0n) is 16.0. The molecular formula is C24H23ClN2S. The summed E-state index contributed by atoms with van der Waals surface area (Å²) in [6.45, 7) is 3.12. The van der Waals surface area contributed by atoms with E-state index in [4.69, 9.17) is 17.3 Å². The number of fused-ring (bicyclic) bond motifs is 1. The van der Waals surface area contributed by atoms with Crippen LogP contribution in [-0.4, -0.2) is 18.5 Å². The van der Waals surface area contributed by atoms with Crippen LogP contribution in [0, 0.1) is 5.92 Å². The third-order valence-corrected chi connectivity index (χ3v) is 6.51. The molecule has 0 spiro atoms. The molecule has 0 saturated heterocycles. The highest BCUT2D eigenvalue weighted by Gasteiger charge is 2.21. The molecule has 28 heavy (non-hydrogen) atoms. The van der Waals surface area contributed by atoms with Crippen molar-refractivity contribution in [3.05, 3.63) is 93.3 Å². The Hall–Kier alpha value is -2.49. The number of benzene rings is 2. The first-order valence-corrected chi connectivity index (χ1v) is 10.6. The molecule has 1 aliphatic rings. The van der Waals surface area contributed by atoms with Gasteiger partial charge in [-0.15, -0.1) is 11.3 Å². The lowest BCUT2D eigenvalue weighted by molar-refractivity contribution is 0.378. The number of hydrogen-bond acceptors (Lipinski definition) is 3. The summed E-state index contributed by atoms with van der Waals surface area (Å²) >= 11 is 8.15. The molecule has 0 bridgehead atoms. The molecule has 2 heterocycles. The van der Waals surface area contributed by atoms with Gasteiger partial charge in [-0.05, 0) is 63.1 Å². The second kappa shape index (κ2) is 7.86. The molecule has 2 N–H and O–H groups in total. The number of hydrogen-bond donors (Lipinski definition) is 1. The van der Waals surface area contributed by atoms with Gasteiger partial charge in [0.2, 0.25) is 0 Å². The van der Waals surface area contributed by atoms with Crippen LogP contribution in [0.5, 0.6) is 0 Å². The average molecular weight is 407 g/mol. The fourth-order valence-corrected chi connectivity index (χ4v) is 4.52. The van der Waals surface area contributed by atoms with Gasteiger partial charge in [0, 0.05) is 24.2 Å². The lowest BCUT2D eigenvalue weighted by atomic mass is 9.88. The van der Waals surface area contributed by atoms with E-state index >= 15 is 0 Å². The zero-order valence-corrected chi connectivity index (χ0v) is 17.6. The van der Waals surface area contributed by atoms with E-state index in [-0.39, 0.29) is 0 Å². The van der Waals surface area contributed by atoms with Crippen LogP contribution in [0.2, 0.25) is 0 Å². The summed E-state index contributed by atoms with van der Waals surface area (Å²) in [5.41, 5.74) is 10.8. The molecule has 4 heteroatoms. The Balaban J connectivity index is 1.93. The van der Waals surface area contributed by atoms with Crippen LogP contribution in [0.4, 0.5) is 0 Å². The van der Waals surface area contributed by atoms with Gasteiger partial charge >= 0.3 is 0 Å². The number of nitrogens with zero attached hydrogens (tertiary/aromatic N) is 1. The highest BCUT2D eigenvalue weighted by molar-refractivity contribution is 7.11. The van der Waals surface area contributed by atoms with Crippen molar-refractivity contribution in [2.24, 2.45) is 11.7 Å². The molecule has 1 aliphatic heterocycles. The van der Waals surface area contributed by atoms with E-state index in [1.54, 1.807) is 11.3 Å². The van der Waals surface area contributed by atoms with Crippen molar-refractivity contribution >= 4 is 45.0 Å². The minimum Gasteiger partial charge on any atom is -0.398 e. The van der Waals surface area contributed by atoms with Crippen molar-refractivity contribution in [1.29, 1.82) is 0 Å². The van der Waals surface area contributed by atoms with E-state index in [2.05, 4.69) is 72.5 Å². The van der Waals surface area contributed by atoms with Gasteiger partial charge in [-0.3, -0.25) is 0 Å². The second-order valence-corrected chi connectivity index (χ2v) is 8.59. The van der Waals surface area contributed by atoms with E-state index < -0.39 is 0 Å². The highest BCUT2D eigenvalue weighted by Crippen LogP contribution is 2.35. The molecule has 142 valence electrons. The standard InChI is InChI=1S/C24H23ClN2S/c1-16-15-27(2)24(25)14-20(16)21(13-22(26)23-8-5-11-28-23)19-10-9-17-6-3-4-7-18(17)12-19/h3-14,16H,15,26H2,1-2H3/b21-20+,22-13-. The summed E-state index contributed by atoms with van der Waals surface area (Å²) in [5.74, 6) is 0.348. The molecule has 2 aromatic carbocycles. The van der Waals surface area contributed by atoms with E-state index in [9.17, 15) is 0 Å². The van der Waals surface area contributed by atoms with Crippen molar-refractivity contribution < 1.29 is 0 Å². The first-order chi connectivity index (χ1) is 13.5. The van der Waals surface area contributed by atoms with Crippen molar-refractivity contribution in [3.8, 4) is 0 Å². The predicted octanol–water partition coefficient (Wildman–Crippen LogP) is 6.32. The van der Waals surface area contributed by atoms with E-state index in [1.165, 1.54) is 16.3 Å². The molecule has 0 radical (unpaired) electrons. The van der Waals surface area contributed by atoms with E-state index in [0.717, 1.165) is 33.4 Å². The molecule has 3 aromatic rings. The molecule has 1 aromatic heterocycles. The van der Waals surface area contributed by atoms with Crippen LogP contribution in [-0.2, 0) is 0 Å². The van der Waals surface area contributed by atoms with Crippen molar-refractivity contribution in [3.63, 3.8) is 0 Å². The average Bonchev–Trinajstić information content (AvgIpc) is 3.24. The Morgan fingerprint density at radius 2 is 1.93 bits per heavy atom. The van der Waals surface area contributed by atoms with E-state index in [1.807, 2.05) is 18.5 Å².